The van der Waals surface area contributed by atoms with Crippen molar-refractivity contribution in [3.05, 3.63) is 0 Å². The van der Waals surface area contributed by atoms with Gasteiger partial charge in [0.15, 0.2) is 0 Å². The fraction of sp³-hybridized carbons (Fsp3) is 0.833. The Kier molecular flexibility index (Phi) is 6.09. The zero-order chi connectivity index (χ0) is 15.2. The molecule has 0 spiro atoms. The van der Waals surface area contributed by atoms with Gasteiger partial charge in [-0.3, -0.25) is 4.79 Å². The molecule has 1 aliphatic rings. The maximum Gasteiger partial charge on any atom is 0.389 e. The van der Waals surface area contributed by atoms with Gasteiger partial charge in [-0.15, -0.1) is 0 Å². The Morgan fingerprint density at radius 2 is 1.85 bits per heavy atom. The van der Waals surface area contributed by atoms with E-state index in [2.05, 4.69) is 5.32 Å². The molecule has 0 aliphatic carbocycles. The molecule has 0 radical (unpaired) electrons. The van der Waals surface area contributed by atoms with Gasteiger partial charge in [-0.2, -0.15) is 13.2 Å². The maximum absolute atomic E-state index is 12.2. The van der Waals surface area contributed by atoms with Crippen molar-refractivity contribution in [2.45, 2.75) is 38.3 Å². The van der Waals surface area contributed by atoms with Crippen LogP contribution in [0.3, 0.4) is 0 Å². The molecule has 1 fully saturated rings. The lowest BCUT2D eigenvalue weighted by molar-refractivity contribution is -0.147. The number of halogens is 3. The van der Waals surface area contributed by atoms with Crippen LogP contribution < -0.4 is 5.32 Å². The number of nitrogens with zero attached hydrogens (tertiary/aromatic N) is 1. The van der Waals surface area contributed by atoms with Crippen LogP contribution in [0.25, 0.3) is 0 Å². The van der Waals surface area contributed by atoms with Crippen LogP contribution in [-0.2, 0) is 4.79 Å². The summed E-state index contributed by atoms with van der Waals surface area (Å²) in [6.07, 6.45) is -3.92. The average Bonchev–Trinajstić information content (AvgIpc) is 2.33. The summed E-state index contributed by atoms with van der Waals surface area (Å²) in [5.41, 5.74) is 0. The Labute approximate surface area is 115 Å². The summed E-state index contributed by atoms with van der Waals surface area (Å²) in [5.74, 6) is -1.33. The Morgan fingerprint density at radius 3 is 2.35 bits per heavy atom. The predicted octanol–water partition coefficient (Wildman–Crippen LogP) is 2.23. The van der Waals surface area contributed by atoms with E-state index in [-0.39, 0.29) is 19.0 Å². The third-order valence-corrected chi connectivity index (χ3v) is 3.27. The second kappa shape index (κ2) is 7.35. The first-order chi connectivity index (χ1) is 9.28. The number of urea groups is 1. The topological polar surface area (TPSA) is 69.6 Å². The molecular weight excluding hydrogens is 277 g/mol. The largest absolute Gasteiger partial charge is 0.481 e. The fourth-order valence-electron chi connectivity index (χ4n) is 2.21. The Balaban J connectivity index is 2.20. The fourth-order valence-corrected chi connectivity index (χ4v) is 2.21. The quantitative estimate of drug-likeness (QED) is 0.764. The lowest BCUT2D eigenvalue weighted by atomic mass is 9.93. The lowest BCUT2D eigenvalue weighted by Crippen LogP contribution is -2.45. The molecule has 1 saturated heterocycles. The van der Waals surface area contributed by atoms with E-state index in [9.17, 15) is 22.8 Å². The van der Waals surface area contributed by atoms with Gasteiger partial charge < -0.3 is 15.3 Å². The van der Waals surface area contributed by atoms with Crippen molar-refractivity contribution >= 4 is 12.0 Å². The predicted molar refractivity (Wildman–Crippen MR) is 65.2 cm³/mol. The number of nitrogens with one attached hydrogen (secondary N) is 1. The molecule has 1 heterocycles. The van der Waals surface area contributed by atoms with Crippen LogP contribution in [0.15, 0.2) is 0 Å². The summed E-state index contributed by atoms with van der Waals surface area (Å²) in [4.78, 5) is 23.4. The molecule has 0 bridgehead atoms. The lowest BCUT2D eigenvalue weighted by Gasteiger charge is -2.32. The molecular formula is C12H19F3N2O3. The summed E-state index contributed by atoms with van der Waals surface area (Å²) in [5, 5.41) is 11.0. The van der Waals surface area contributed by atoms with Crippen molar-refractivity contribution in [1.29, 1.82) is 0 Å². The SMILES string of the molecule is O=C(O)CCCNC(=O)N1CCC(CC(F)(F)F)CC1. The van der Waals surface area contributed by atoms with Gasteiger partial charge in [0, 0.05) is 32.5 Å². The van der Waals surface area contributed by atoms with Crippen molar-refractivity contribution in [2.75, 3.05) is 19.6 Å². The van der Waals surface area contributed by atoms with E-state index in [4.69, 9.17) is 5.11 Å². The number of alkyl halides is 3. The third-order valence-electron chi connectivity index (χ3n) is 3.27. The Morgan fingerprint density at radius 1 is 1.25 bits per heavy atom. The average molecular weight is 296 g/mol. The molecule has 0 unspecified atom stereocenters. The van der Waals surface area contributed by atoms with E-state index in [1.807, 2.05) is 0 Å². The first kappa shape index (κ1) is 16.6. The minimum Gasteiger partial charge on any atom is -0.481 e. The normalized spacial score (nSPS) is 17.1. The van der Waals surface area contributed by atoms with Gasteiger partial charge in [-0.1, -0.05) is 0 Å². The molecule has 0 atom stereocenters. The second-order valence-electron chi connectivity index (χ2n) is 4.98. The molecule has 1 aliphatic heterocycles. The van der Waals surface area contributed by atoms with E-state index in [0.717, 1.165) is 0 Å². The number of likely N-dealkylation sites (tertiary alicyclic amines) is 1. The number of aliphatic carboxylic acids is 1. The van der Waals surface area contributed by atoms with Crippen molar-refractivity contribution in [1.82, 2.24) is 10.2 Å². The van der Waals surface area contributed by atoms with E-state index in [1.54, 1.807) is 0 Å². The van der Waals surface area contributed by atoms with Gasteiger partial charge in [0.25, 0.3) is 0 Å². The van der Waals surface area contributed by atoms with E-state index in [1.165, 1.54) is 4.90 Å². The summed E-state index contributed by atoms with van der Waals surface area (Å²) in [6, 6.07) is -0.333. The number of amides is 2. The second-order valence-corrected chi connectivity index (χ2v) is 4.98. The van der Waals surface area contributed by atoms with E-state index >= 15 is 0 Å². The number of carbonyl (C=O) groups is 2. The highest BCUT2D eigenvalue weighted by atomic mass is 19.4. The van der Waals surface area contributed by atoms with Crippen LogP contribution >= 0.6 is 0 Å². The number of piperidine rings is 1. The minimum atomic E-state index is -4.15. The summed E-state index contributed by atoms with van der Waals surface area (Å²) < 4.78 is 36.7. The van der Waals surface area contributed by atoms with Gasteiger partial charge in [-0.25, -0.2) is 4.79 Å². The molecule has 20 heavy (non-hydrogen) atoms. The smallest absolute Gasteiger partial charge is 0.389 e. The first-order valence-corrected chi connectivity index (χ1v) is 6.59. The molecule has 2 N–H and O–H groups in total. The zero-order valence-corrected chi connectivity index (χ0v) is 11.1. The molecule has 0 aromatic heterocycles. The van der Waals surface area contributed by atoms with Crippen LogP contribution in [0, 0.1) is 5.92 Å². The highest BCUT2D eigenvalue weighted by Crippen LogP contribution is 2.30. The summed E-state index contributed by atoms with van der Waals surface area (Å²) in [6.45, 7) is 0.880. The van der Waals surface area contributed by atoms with Crippen LogP contribution in [0.5, 0.6) is 0 Å². The monoisotopic (exact) mass is 296 g/mol. The standard InChI is InChI=1S/C12H19F3N2O3/c13-12(14,15)8-9-3-6-17(7-4-9)11(20)16-5-1-2-10(18)19/h9H,1-8H2,(H,16,20)(H,18,19). The minimum absolute atomic E-state index is 0.0199. The number of hydrogen-bond acceptors (Lipinski definition) is 2. The van der Waals surface area contributed by atoms with Crippen molar-refractivity contribution in [3.63, 3.8) is 0 Å². The van der Waals surface area contributed by atoms with Crippen molar-refractivity contribution < 1.29 is 27.9 Å². The molecule has 0 aromatic carbocycles. The van der Waals surface area contributed by atoms with Crippen LogP contribution in [-0.4, -0.2) is 47.8 Å². The number of rotatable bonds is 5. The number of hydrogen-bond donors (Lipinski definition) is 2. The van der Waals surface area contributed by atoms with E-state index in [0.29, 0.717) is 32.4 Å². The van der Waals surface area contributed by atoms with Crippen LogP contribution in [0.2, 0.25) is 0 Å². The molecule has 1 rings (SSSR count). The van der Waals surface area contributed by atoms with Crippen LogP contribution in [0.4, 0.5) is 18.0 Å². The van der Waals surface area contributed by atoms with Gasteiger partial charge in [0.05, 0.1) is 0 Å². The van der Waals surface area contributed by atoms with Gasteiger partial charge >= 0.3 is 18.2 Å². The molecule has 2 amide bonds. The third kappa shape index (κ3) is 6.63. The van der Waals surface area contributed by atoms with Gasteiger partial charge in [0.1, 0.15) is 0 Å². The molecule has 0 saturated carbocycles. The summed E-state index contributed by atoms with van der Waals surface area (Å²) in [7, 11) is 0. The highest BCUT2D eigenvalue weighted by molar-refractivity contribution is 5.74. The Bertz CT molecular complexity index is 339. The summed E-state index contributed by atoms with van der Waals surface area (Å²) >= 11 is 0. The molecule has 8 heteroatoms. The number of carbonyl (C=O) groups excluding carboxylic acids is 1. The molecule has 0 aromatic rings. The van der Waals surface area contributed by atoms with Crippen molar-refractivity contribution in [2.24, 2.45) is 5.92 Å². The van der Waals surface area contributed by atoms with E-state index < -0.39 is 24.5 Å². The zero-order valence-electron chi connectivity index (χ0n) is 11.1. The maximum atomic E-state index is 12.2. The van der Waals surface area contributed by atoms with Crippen molar-refractivity contribution in [3.8, 4) is 0 Å². The highest BCUT2D eigenvalue weighted by Gasteiger charge is 2.34. The number of carboxylic acid groups (broad SMARTS) is 1. The molecule has 5 nitrogen and oxygen atoms in total. The van der Waals surface area contributed by atoms with Crippen LogP contribution in [0.1, 0.15) is 32.1 Å². The van der Waals surface area contributed by atoms with Gasteiger partial charge in [-0.05, 0) is 25.2 Å². The van der Waals surface area contributed by atoms with Gasteiger partial charge in [0.2, 0.25) is 0 Å². The number of carboxylic acids is 1. The Hall–Kier alpha value is -1.47. The molecule has 116 valence electrons. The first-order valence-electron chi connectivity index (χ1n) is 6.59.